The lowest BCUT2D eigenvalue weighted by Crippen LogP contribution is -2.14. The van der Waals surface area contributed by atoms with E-state index in [1.807, 2.05) is 44.2 Å². The van der Waals surface area contributed by atoms with Gasteiger partial charge in [-0.2, -0.15) is 0 Å². The van der Waals surface area contributed by atoms with Crippen LogP contribution in [0, 0.1) is 13.8 Å². The van der Waals surface area contributed by atoms with Gasteiger partial charge in [0.2, 0.25) is 0 Å². The molecule has 178 valence electrons. The Balaban J connectivity index is 1.50. The molecule has 4 rings (SSSR count). The van der Waals surface area contributed by atoms with Crippen molar-refractivity contribution in [2.24, 2.45) is 0 Å². The third-order valence-electron chi connectivity index (χ3n) is 6.06. The van der Waals surface area contributed by atoms with E-state index in [0.717, 1.165) is 51.9 Å². The minimum Gasteiger partial charge on any atom is -0.493 e. The Morgan fingerprint density at radius 1 is 0.971 bits per heavy atom. The number of hydrogen-bond donors (Lipinski definition) is 0. The maximum Gasteiger partial charge on any atom is 0.153 e. The van der Waals surface area contributed by atoms with Gasteiger partial charge in [0.05, 0.1) is 17.6 Å². The predicted molar refractivity (Wildman–Crippen MR) is 140 cm³/mol. The smallest absolute Gasteiger partial charge is 0.153 e. The summed E-state index contributed by atoms with van der Waals surface area (Å²) in [7, 11) is 0. The molecule has 0 aliphatic carbocycles. The molecule has 0 N–H and O–H groups in total. The number of aryl methyl sites for hydroxylation is 3. The van der Waals surface area contributed by atoms with Gasteiger partial charge in [0.1, 0.15) is 11.5 Å². The summed E-state index contributed by atoms with van der Waals surface area (Å²) in [6, 6.07) is 20.4. The fourth-order valence-corrected chi connectivity index (χ4v) is 4.35. The van der Waals surface area contributed by atoms with E-state index >= 15 is 0 Å². The first-order valence-electron chi connectivity index (χ1n) is 11.9. The van der Waals surface area contributed by atoms with E-state index < -0.39 is 0 Å². The number of ether oxygens (including phenoxy) is 2. The molecule has 0 bridgehead atoms. The molecule has 0 spiro atoms. The lowest BCUT2D eigenvalue weighted by atomic mass is 10.0. The van der Waals surface area contributed by atoms with Gasteiger partial charge in [-0.15, -0.1) is 0 Å². The second-order valence-corrected chi connectivity index (χ2v) is 9.59. The van der Waals surface area contributed by atoms with Crippen molar-refractivity contribution < 1.29 is 9.47 Å². The van der Waals surface area contributed by atoms with Gasteiger partial charge in [0, 0.05) is 11.6 Å². The first-order valence-corrected chi connectivity index (χ1v) is 12.3. The first-order chi connectivity index (χ1) is 16.3. The zero-order valence-electron chi connectivity index (χ0n) is 20.6. The highest BCUT2D eigenvalue weighted by Gasteiger charge is 2.18. The van der Waals surface area contributed by atoms with Crippen molar-refractivity contribution >= 4 is 22.6 Å². The second-order valence-electron chi connectivity index (χ2n) is 9.18. The van der Waals surface area contributed by atoms with Crippen molar-refractivity contribution in [3.63, 3.8) is 0 Å². The van der Waals surface area contributed by atoms with Crippen molar-refractivity contribution in [3.8, 4) is 11.5 Å². The van der Waals surface area contributed by atoms with Crippen LogP contribution in [-0.2, 0) is 6.54 Å². The van der Waals surface area contributed by atoms with Gasteiger partial charge in [0.25, 0.3) is 0 Å². The average Bonchev–Trinajstić information content (AvgIpc) is 3.18. The summed E-state index contributed by atoms with van der Waals surface area (Å²) in [6.45, 7) is 12.0. The highest BCUT2D eigenvalue weighted by Crippen LogP contribution is 2.29. The van der Waals surface area contributed by atoms with Crippen molar-refractivity contribution in [3.05, 3.63) is 88.2 Å². The molecule has 0 saturated heterocycles. The molecule has 1 heterocycles. The number of nitrogens with zero attached hydrogens (tertiary/aromatic N) is 2. The van der Waals surface area contributed by atoms with Gasteiger partial charge in [-0.1, -0.05) is 49.7 Å². The van der Waals surface area contributed by atoms with Crippen LogP contribution in [0.1, 0.15) is 61.7 Å². The average molecular weight is 477 g/mol. The molecule has 1 atom stereocenters. The summed E-state index contributed by atoms with van der Waals surface area (Å²) >= 11 is 6.18. The SMILES string of the molecule is Cc1ccc(C(C)C)c(OCCCn2c(C(C)Oc3ccc(Cl)c(C)c3)nc3ccccc32)c1. The molecule has 4 nitrogen and oxygen atoms in total. The maximum atomic E-state index is 6.26. The lowest BCUT2D eigenvalue weighted by molar-refractivity contribution is 0.209. The monoisotopic (exact) mass is 476 g/mol. The molecule has 0 saturated carbocycles. The Kier molecular flexibility index (Phi) is 7.47. The van der Waals surface area contributed by atoms with Crippen LogP contribution in [0.2, 0.25) is 5.02 Å². The Bertz CT molecular complexity index is 1280. The second kappa shape index (κ2) is 10.5. The third-order valence-corrected chi connectivity index (χ3v) is 6.49. The molecule has 34 heavy (non-hydrogen) atoms. The van der Waals surface area contributed by atoms with Crippen LogP contribution in [0.15, 0.2) is 60.7 Å². The number of para-hydroxylation sites is 2. The van der Waals surface area contributed by atoms with Crippen molar-refractivity contribution in [1.29, 1.82) is 0 Å². The molecule has 1 aromatic heterocycles. The first kappa shape index (κ1) is 24.2. The summed E-state index contributed by atoms with van der Waals surface area (Å²) in [5, 5.41) is 0.737. The number of aromatic nitrogens is 2. The fraction of sp³-hybridized carbons (Fsp3) is 0.345. The third kappa shape index (κ3) is 5.39. The molecule has 3 aromatic carbocycles. The molecular weight excluding hydrogens is 444 g/mol. The molecular formula is C29H33ClN2O2. The van der Waals surface area contributed by atoms with Gasteiger partial charge in [0.15, 0.2) is 11.9 Å². The van der Waals surface area contributed by atoms with Crippen LogP contribution in [0.25, 0.3) is 11.0 Å². The van der Waals surface area contributed by atoms with Gasteiger partial charge < -0.3 is 14.0 Å². The van der Waals surface area contributed by atoms with Gasteiger partial charge >= 0.3 is 0 Å². The van der Waals surface area contributed by atoms with Crippen LogP contribution in [-0.4, -0.2) is 16.2 Å². The molecule has 0 aliphatic heterocycles. The van der Waals surface area contributed by atoms with Crippen LogP contribution in [0.3, 0.4) is 0 Å². The maximum absolute atomic E-state index is 6.26. The number of hydrogen-bond acceptors (Lipinski definition) is 3. The Morgan fingerprint density at radius 2 is 1.76 bits per heavy atom. The largest absolute Gasteiger partial charge is 0.493 e. The minimum atomic E-state index is -0.210. The fourth-order valence-electron chi connectivity index (χ4n) is 4.24. The summed E-state index contributed by atoms with van der Waals surface area (Å²) < 4.78 is 14.8. The molecule has 0 radical (unpaired) electrons. The van der Waals surface area contributed by atoms with E-state index in [-0.39, 0.29) is 6.10 Å². The van der Waals surface area contributed by atoms with Gasteiger partial charge in [-0.25, -0.2) is 4.98 Å². The Hall–Kier alpha value is -2.98. The highest BCUT2D eigenvalue weighted by atomic mass is 35.5. The molecule has 0 amide bonds. The van der Waals surface area contributed by atoms with Gasteiger partial charge in [-0.3, -0.25) is 0 Å². The van der Waals surface area contributed by atoms with E-state index in [9.17, 15) is 0 Å². The normalized spacial score (nSPS) is 12.3. The Morgan fingerprint density at radius 3 is 2.53 bits per heavy atom. The number of halogens is 1. The van der Waals surface area contributed by atoms with Crippen molar-refractivity contribution in [2.75, 3.05) is 6.61 Å². The molecule has 5 heteroatoms. The highest BCUT2D eigenvalue weighted by molar-refractivity contribution is 6.31. The number of imidazole rings is 1. The van der Waals surface area contributed by atoms with Crippen LogP contribution < -0.4 is 9.47 Å². The standard InChI is InChI=1S/C29H33ClN2O2/c1-19(2)24-13-11-20(3)17-28(24)33-16-8-15-32-27-10-7-6-9-26(27)31-29(32)22(5)34-23-12-14-25(30)21(4)18-23/h6-7,9-14,17-19,22H,8,15-16H2,1-5H3. The lowest BCUT2D eigenvalue weighted by Gasteiger charge is -2.18. The summed E-state index contributed by atoms with van der Waals surface area (Å²) in [5.41, 5.74) is 5.54. The Labute approximate surface area is 207 Å². The van der Waals surface area contributed by atoms with Crippen LogP contribution in [0.4, 0.5) is 0 Å². The molecule has 0 aliphatic rings. The summed E-state index contributed by atoms with van der Waals surface area (Å²) in [5.74, 6) is 3.11. The van der Waals surface area contributed by atoms with Crippen molar-refractivity contribution in [2.45, 2.75) is 59.6 Å². The van der Waals surface area contributed by atoms with Gasteiger partial charge in [-0.05, 0) is 86.2 Å². The summed E-state index contributed by atoms with van der Waals surface area (Å²) in [4.78, 5) is 4.91. The number of benzene rings is 3. The molecule has 1 unspecified atom stereocenters. The topological polar surface area (TPSA) is 36.3 Å². The number of rotatable bonds is 9. The van der Waals surface area contributed by atoms with E-state index in [0.29, 0.717) is 12.5 Å². The molecule has 0 fully saturated rings. The van der Waals surface area contributed by atoms with Crippen molar-refractivity contribution in [1.82, 2.24) is 9.55 Å². The van der Waals surface area contributed by atoms with E-state index in [2.05, 4.69) is 55.7 Å². The zero-order chi connectivity index (χ0) is 24.2. The quantitative estimate of drug-likeness (QED) is 0.229. The van der Waals surface area contributed by atoms with E-state index in [4.69, 9.17) is 26.1 Å². The zero-order valence-corrected chi connectivity index (χ0v) is 21.4. The van der Waals surface area contributed by atoms with Crippen LogP contribution >= 0.6 is 11.6 Å². The van der Waals surface area contributed by atoms with Crippen LogP contribution in [0.5, 0.6) is 11.5 Å². The molecule has 4 aromatic rings. The number of fused-ring (bicyclic) bond motifs is 1. The minimum absolute atomic E-state index is 0.210. The summed E-state index contributed by atoms with van der Waals surface area (Å²) in [6.07, 6.45) is 0.657. The predicted octanol–water partition coefficient (Wildman–Crippen LogP) is 8.04. The van der Waals surface area contributed by atoms with E-state index in [1.54, 1.807) is 0 Å². The van der Waals surface area contributed by atoms with E-state index in [1.165, 1.54) is 11.1 Å².